The third kappa shape index (κ3) is 3.65. The first-order chi connectivity index (χ1) is 12.0. The Labute approximate surface area is 148 Å². The van der Waals surface area contributed by atoms with Crippen LogP contribution in [0.3, 0.4) is 0 Å². The number of para-hydroxylation sites is 1. The first-order valence-electron chi connectivity index (χ1n) is 8.45. The average Bonchev–Trinajstić information content (AvgIpc) is 2.93. The molecule has 0 aromatic heterocycles. The molecule has 0 atom stereocenters. The molecular formula is C20H23N3O2. The van der Waals surface area contributed by atoms with Crippen molar-refractivity contribution in [3.8, 4) is 0 Å². The van der Waals surface area contributed by atoms with Crippen LogP contribution in [-0.4, -0.2) is 36.5 Å². The van der Waals surface area contributed by atoms with Gasteiger partial charge in [0.2, 0.25) is 5.91 Å². The number of rotatable bonds is 4. The van der Waals surface area contributed by atoms with Gasteiger partial charge < -0.3 is 10.2 Å². The van der Waals surface area contributed by atoms with E-state index < -0.39 is 0 Å². The molecule has 25 heavy (non-hydrogen) atoms. The molecule has 3 amide bonds. The monoisotopic (exact) mass is 337 g/mol. The SMILES string of the molecule is Cc1ccc(N2CCN(CC(=O)Nc3c(C)cccc3C)C2=O)cc1. The number of benzene rings is 2. The van der Waals surface area contributed by atoms with Crippen molar-refractivity contribution in [1.29, 1.82) is 0 Å². The molecule has 1 heterocycles. The van der Waals surface area contributed by atoms with E-state index in [9.17, 15) is 9.59 Å². The molecule has 1 fully saturated rings. The predicted octanol–water partition coefficient (Wildman–Crippen LogP) is 3.49. The fourth-order valence-electron chi connectivity index (χ4n) is 3.06. The van der Waals surface area contributed by atoms with Gasteiger partial charge in [-0.25, -0.2) is 4.79 Å². The predicted molar refractivity (Wildman–Crippen MR) is 100 cm³/mol. The molecule has 1 aliphatic rings. The van der Waals surface area contributed by atoms with Crippen LogP contribution in [0.25, 0.3) is 0 Å². The maximum Gasteiger partial charge on any atom is 0.325 e. The summed E-state index contributed by atoms with van der Waals surface area (Å²) >= 11 is 0. The second-order valence-electron chi connectivity index (χ2n) is 6.51. The van der Waals surface area contributed by atoms with E-state index in [1.54, 1.807) is 9.80 Å². The molecule has 0 spiro atoms. The quantitative estimate of drug-likeness (QED) is 0.928. The normalized spacial score (nSPS) is 14.1. The van der Waals surface area contributed by atoms with Crippen LogP contribution in [0.1, 0.15) is 16.7 Å². The number of hydrogen-bond donors (Lipinski definition) is 1. The van der Waals surface area contributed by atoms with Gasteiger partial charge in [0.05, 0.1) is 0 Å². The summed E-state index contributed by atoms with van der Waals surface area (Å²) in [5.41, 5.74) is 4.88. The molecule has 1 aliphatic heterocycles. The molecule has 130 valence electrons. The molecule has 0 unspecified atom stereocenters. The lowest BCUT2D eigenvalue weighted by Gasteiger charge is -2.19. The Kier molecular flexibility index (Phi) is 4.74. The van der Waals surface area contributed by atoms with Crippen molar-refractivity contribution in [1.82, 2.24) is 4.90 Å². The molecule has 2 aromatic rings. The first-order valence-corrected chi connectivity index (χ1v) is 8.45. The third-order valence-electron chi connectivity index (χ3n) is 4.52. The number of urea groups is 1. The zero-order chi connectivity index (χ0) is 18.0. The summed E-state index contributed by atoms with van der Waals surface area (Å²) in [4.78, 5) is 28.3. The van der Waals surface area contributed by atoms with Crippen LogP contribution < -0.4 is 10.2 Å². The van der Waals surface area contributed by atoms with Gasteiger partial charge in [0.25, 0.3) is 0 Å². The van der Waals surface area contributed by atoms with Crippen molar-refractivity contribution in [2.24, 2.45) is 0 Å². The molecule has 5 nitrogen and oxygen atoms in total. The van der Waals surface area contributed by atoms with Crippen molar-refractivity contribution < 1.29 is 9.59 Å². The van der Waals surface area contributed by atoms with Crippen molar-refractivity contribution >= 4 is 23.3 Å². The van der Waals surface area contributed by atoms with Gasteiger partial charge in [0.1, 0.15) is 6.54 Å². The zero-order valence-electron chi connectivity index (χ0n) is 14.9. The summed E-state index contributed by atoms with van der Waals surface area (Å²) < 4.78 is 0. The van der Waals surface area contributed by atoms with Crippen LogP contribution in [-0.2, 0) is 4.79 Å². The van der Waals surface area contributed by atoms with E-state index >= 15 is 0 Å². The minimum Gasteiger partial charge on any atom is -0.324 e. The molecular weight excluding hydrogens is 314 g/mol. The molecule has 0 radical (unpaired) electrons. The Morgan fingerprint density at radius 3 is 2.28 bits per heavy atom. The van der Waals surface area contributed by atoms with Crippen molar-refractivity contribution in [2.45, 2.75) is 20.8 Å². The minimum atomic E-state index is -0.170. The lowest BCUT2D eigenvalue weighted by molar-refractivity contribution is -0.116. The summed E-state index contributed by atoms with van der Waals surface area (Å²) in [6, 6.07) is 13.6. The molecule has 1 N–H and O–H groups in total. The highest BCUT2D eigenvalue weighted by atomic mass is 16.2. The molecule has 2 aromatic carbocycles. The largest absolute Gasteiger partial charge is 0.325 e. The lowest BCUT2D eigenvalue weighted by Crippen LogP contribution is -2.37. The summed E-state index contributed by atoms with van der Waals surface area (Å²) in [7, 11) is 0. The second kappa shape index (κ2) is 6.97. The van der Waals surface area contributed by atoms with E-state index in [0.29, 0.717) is 13.1 Å². The molecule has 0 aliphatic carbocycles. The van der Waals surface area contributed by atoms with E-state index in [4.69, 9.17) is 0 Å². The Hall–Kier alpha value is -2.82. The number of anilines is 2. The summed E-state index contributed by atoms with van der Waals surface area (Å²) in [5.74, 6) is -0.170. The van der Waals surface area contributed by atoms with Crippen LogP contribution in [0.4, 0.5) is 16.2 Å². The van der Waals surface area contributed by atoms with Crippen molar-refractivity contribution in [3.63, 3.8) is 0 Å². The zero-order valence-corrected chi connectivity index (χ0v) is 14.9. The fraction of sp³-hybridized carbons (Fsp3) is 0.300. The van der Waals surface area contributed by atoms with Gasteiger partial charge in [-0.15, -0.1) is 0 Å². The van der Waals surface area contributed by atoms with Gasteiger partial charge in [0.15, 0.2) is 0 Å². The average molecular weight is 337 g/mol. The van der Waals surface area contributed by atoms with Crippen LogP contribution >= 0.6 is 0 Å². The highest BCUT2D eigenvalue weighted by Gasteiger charge is 2.30. The molecule has 0 saturated carbocycles. The standard InChI is InChI=1S/C20H23N3O2/c1-14-7-9-17(10-8-14)23-12-11-22(20(23)25)13-18(24)21-19-15(2)5-4-6-16(19)3/h4-10H,11-13H2,1-3H3,(H,21,24). The highest BCUT2D eigenvalue weighted by Crippen LogP contribution is 2.22. The van der Waals surface area contributed by atoms with Gasteiger partial charge >= 0.3 is 6.03 Å². The molecule has 5 heteroatoms. The van der Waals surface area contributed by atoms with Gasteiger partial charge in [-0.1, -0.05) is 35.9 Å². The van der Waals surface area contributed by atoms with E-state index in [2.05, 4.69) is 5.32 Å². The summed E-state index contributed by atoms with van der Waals surface area (Å²) in [6.07, 6.45) is 0. The van der Waals surface area contributed by atoms with Gasteiger partial charge in [-0.2, -0.15) is 0 Å². The van der Waals surface area contributed by atoms with Crippen LogP contribution in [0, 0.1) is 20.8 Å². The first kappa shape index (κ1) is 17.0. The van der Waals surface area contributed by atoms with Gasteiger partial charge in [0, 0.05) is 24.5 Å². The van der Waals surface area contributed by atoms with Crippen molar-refractivity contribution in [3.05, 3.63) is 59.2 Å². The summed E-state index contributed by atoms with van der Waals surface area (Å²) in [6.45, 7) is 7.14. The Morgan fingerprint density at radius 2 is 1.64 bits per heavy atom. The fourth-order valence-corrected chi connectivity index (χ4v) is 3.06. The lowest BCUT2D eigenvalue weighted by atomic mass is 10.1. The maximum absolute atomic E-state index is 12.6. The number of carbonyl (C=O) groups excluding carboxylic acids is 2. The van der Waals surface area contributed by atoms with Gasteiger partial charge in [-0.05, 0) is 44.0 Å². The topological polar surface area (TPSA) is 52.6 Å². The van der Waals surface area contributed by atoms with Crippen LogP contribution in [0.5, 0.6) is 0 Å². The molecule has 0 bridgehead atoms. The molecule has 3 rings (SSSR count). The number of carbonyl (C=O) groups is 2. The number of nitrogens with zero attached hydrogens (tertiary/aromatic N) is 2. The number of aryl methyl sites for hydroxylation is 3. The Balaban J connectivity index is 1.65. The number of nitrogens with one attached hydrogen (secondary N) is 1. The van der Waals surface area contributed by atoms with E-state index in [1.165, 1.54) is 0 Å². The van der Waals surface area contributed by atoms with Crippen LogP contribution in [0.2, 0.25) is 0 Å². The third-order valence-corrected chi connectivity index (χ3v) is 4.52. The van der Waals surface area contributed by atoms with E-state index in [1.807, 2.05) is 63.2 Å². The Morgan fingerprint density at radius 1 is 1.00 bits per heavy atom. The van der Waals surface area contributed by atoms with Crippen molar-refractivity contribution in [2.75, 3.05) is 29.9 Å². The second-order valence-corrected chi connectivity index (χ2v) is 6.51. The summed E-state index contributed by atoms with van der Waals surface area (Å²) in [5, 5.41) is 2.94. The van der Waals surface area contributed by atoms with Gasteiger partial charge in [-0.3, -0.25) is 9.69 Å². The maximum atomic E-state index is 12.6. The minimum absolute atomic E-state index is 0.0645. The highest BCUT2D eigenvalue weighted by molar-refractivity contribution is 5.99. The smallest absolute Gasteiger partial charge is 0.324 e. The molecule has 1 saturated heterocycles. The van der Waals surface area contributed by atoms with Crippen LogP contribution in [0.15, 0.2) is 42.5 Å². The number of amides is 3. The Bertz CT molecular complexity index is 779. The number of hydrogen-bond acceptors (Lipinski definition) is 2. The van der Waals surface area contributed by atoms with E-state index in [-0.39, 0.29) is 18.5 Å². The van der Waals surface area contributed by atoms with E-state index in [0.717, 1.165) is 28.1 Å².